The number of hydrogen-bond donors (Lipinski definition) is 0. The largest absolute Gasteiger partial charge is 0.428 e. The van der Waals surface area contributed by atoms with Crippen molar-refractivity contribution < 1.29 is 8.85 Å². The van der Waals surface area contributed by atoms with E-state index in [4.69, 9.17) is 8.85 Å². The molecule has 0 radical (unpaired) electrons. The van der Waals surface area contributed by atoms with E-state index in [1.54, 1.807) is 0 Å². The topological polar surface area (TPSA) is 21.7 Å². The van der Waals surface area contributed by atoms with E-state index < -0.39 is 8.72 Å². The average molecular weight is 304 g/mol. The Morgan fingerprint density at radius 2 is 1.20 bits per heavy atom. The molecule has 122 valence electrons. The van der Waals surface area contributed by atoms with Crippen molar-refractivity contribution in [3.8, 4) is 0 Å². The predicted octanol–water partition coefficient (Wildman–Crippen LogP) is 4.70. The molecule has 0 saturated carbocycles. The summed E-state index contributed by atoms with van der Waals surface area (Å²) in [4.78, 5) is 0. The molecule has 0 fully saturated rings. The van der Waals surface area contributed by atoms with Gasteiger partial charge in [0, 0.05) is 30.3 Å². The van der Waals surface area contributed by atoms with E-state index in [1.165, 1.54) is 6.42 Å². The highest BCUT2D eigenvalue weighted by atomic mass is 28.4. The van der Waals surface area contributed by atoms with Gasteiger partial charge in [-0.15, -0.1) is 0 Å². The molecule has 0 bridgehead atoms. The summed E-state index contributed by atoms with van der Waals surface area (Å²) in [5, 5.41) is 0. The summed E-state index contributed by atoms with van der Waals surface area (Å²) in [5.41, 5.74) is 0.0606. The first-order valence-electron chi connectivity index (χ1n) is 8.13. The Kier molecular flexibility index (Phi) is 7.96. The van der Waals surface area contributed by atoms with Crippen LogP contribution >= 0.6 is 0 Å². The van der Waals surface area contributed by atoms with Crippen molar-refractivity contribution in [3.05, 3.63) is 0 Å². The van der Waals surface area contributed by atoms with Crippen molar-refractivity contribution in [2.45, 2.75) is 92.3 Å². The Hall–Kier alpha value is 0.0969. The van der Waals surface area contributed by atoms with Crippen LogP contribution in [0.1, 0.15) is 75.2 Å². The molecule has 0 atom stereocenters. The van der Waals surface area contributed by atoms with Crippen molar-refractivity contribution in [3.63, 3.8) is 0 Å². The fourth-order valence-electron chi connectivity index (χ4n) is 3.31. The monoisotopic (exact) mass is 303 g/mol. The molecule has 0 aliphatic carbocycles. The van der Waals surface area contributed by atoms with Gasteiger partial charge in [0.1, 0.15) is 0 Å². The number of hydrogen-bond acceptors (Lipinski definition) is 3. The summed E-state index contributed by atoms with van der Waals surface area (Å²) in [7, 11) is -2.38. The average Bonchev–Trinajstić information content (AvgIpc) is 2.23. The smallest absolute Gasteiger partial charge is 0.383 e. The van der Waals surface area contributed by atoms with Crippen LogP contribution in [0.3, 0.4) is 0 Å². The standard InChI is InChI=1S/C16H37NO2Si/c1-10-13-14-20(18-11-2,19-12-3)17(15(4,5)6)16(7,8)9/h10-14H2,1-9H3. The Balaban J connectivity index is 5.70. The Morgan fingerprint density at radius 3 is 1.45 bits per heavy atom. The zero-order valence-electron chi connectivity index (χ0n) is 15.3. The van der Waals surface area contributed by atoms with Crippen LogP contribution in [0.2, 0.25) is 6.04 Å². The molecule has 4 heteroatoms. The van der Waals surface area contributed by atoms with Crippen molar-refractivity contribution in [2.75, 3.05) is 13.2 Å². The molecule has 0 spiro atoms. The molecule has 0 saturated heterocycles. The van der Waals surface area contributed by atoms with Gasteiger partial charge in [-0.3, -0.25) is 4.57 Å². The minimum absolute atomic E-state index is 0.0303. The molecular weight excluding hydrogens is 266 g/mol. The highest BCUT2D eigenvalue weighted by Gasteiger charge is 2.53. The van der Waals surface area contributed by atoms with Crippen LogP contribution in [0, 0.1) is 0 Å². The van der Waals surface area contributed by atoms with E-state index in [2.05, 4.69) is 66.9 Å². The van der Waals surface area contributed by atoms with Gasteiger partial charge in [-0.1, -0.05) is 19.8 Å². The summed E-state index contributed by atoms with van der Waals surface area (Å²) in [5.74, 6) is 0. The quantitative estimate of drug-likeness (QED) is 0.607. The fraction of sp³-hybridized carbons (Fsp3) is 1.00. The third-order valence-corrected chi connectivity index (χ3v) is 7.76. The molecule has 0 heterocycles. The van der Waals surface area contributed by atoms with E-state index in [9.17, 15) is 0 Å². The maximum absolute atomic E-state index is 6.33. The molecule has 0 aromatic heterocycles. The van der Waals surface area contributed by atoms with Crippen LogP contribution in [-0.4, -0.2) is 37.6 Å². The summed E-state index contributed by atoms with van der Waals surface area (Å²) < 4.78 is 15.2. The highest BCUT2D eigenvalue weighted by molar-refractivity contribution is 6.64. The van der Waals surface area contributed by atoms with Gasteiger partial charge in [-0.25, -0.2) is 0 Å². The lowest BCUT2D eigenvalue weighted by Gasteiger charge is -2.53. The van der Waals surface area contributed by atoms with Crippen LogP contribution in [0.4, 0.5) is 0 Å². The normalized spacial score (nSPS) is 14.1. The maximum Gasteiger partial charge on any atom is 0.428 e. The summed E-state index contributed by atoms with van der Waals surface area (Å²) in [6.07, 6.45) is 2.34. The van der Waals surface area contributed by atoms with Gasteiger partial charge < -0.3 is 8.85 Å². The second-order valence-electron chi connectivity index (χ2n) is 7.36. The first-order chi connectivity index (χ1) is 9.05. The first kappa shape index (κ1) is 20.1. The van der Waals surface area contributed by atoms with Gasteiger partial charge in [-0.05, 0) is 55.4 Å². The van der Waals surface area contributed by atoms with Crippen molar-refractivity contribution >= 4 is 8.72 Å². The van der Waals surface area contributed by atoms with Gasteiger partial charge >= 0.3 is 8.72 Å². The number of rotatable bonds is 8. The minimum Gasteiger partial charge on any atom is -0.383 e. The fourth-order valence-corrected chi connectivity index (χ4v) is 7.91. The third-order valence-electron chi connectivity index (χ3n) is 3.27. The van der Waals surface area contributed by atoms with Crippen LogP contribution in [0.25, 0.3) is 0 Å². The van der Waals surface area contributed by atoms with E-state index in [1.807, 2.05) is 0 Å². The predicted molar refractivity (Wildman–Crippen MR) is 90.1 cm³/mol. The second-order valence-corrected chi connectivity index (χ2v) is 10.3. The number of nitrogens with zero attached hydrogens (tertiary/aromatic N) is 1. The van der Waals surface area contributed by atoms with Crippen LogP contribution in [0.15, 0.2) is 0 Å². The lowest BCUT2D eigenvalue weighted by atomic mass is 10.0. The van der Waals surface area contributed by atoms with E-state index in [0.717, 1.165) is 25.7 Å². The van der Waals surface area contributed by atoms with Gasteiger partial charge in [-0.2, -0.15) is 0 Å². The molecule has 0 unspecified atom stereocenters. The van der Waals surface area contributed by atoms with Crippen LogP contribution in [0.5, 0.6) is 0 Å². The van der Waals surface area contributed by atoms with E-state index in [0.29, 0.717) is 0 Å². The van der Waals surface area contributed by atoms with Crippen molar-refractivity contribution in [2.24, 2.45) is 0 Å². The molecule has 0 N–H and O–H groups in total. The van der Waals surface area contributed by atoms with E-state index >= 15 is 0 Å². The first-order valence-corrected chi connectivity index (χ1v) is 10.1. The SMILES string of the molecule is CCCC[Si](OCC)(OCC)N(C(C)(C)C)C(C)(C)C. The zero-order valence-corrected chi connectivity index (χ0v) is 16.3. The van der Waals surface area contributed by atoms with Crippen LogP contribution < -0.4 is 0 Å². The second kappa shape index (κ2) is 7.92. The zero-order chi connectivity index (χ0) is 16.0. The molecule has 0 aliphatic rings. The van der Waals surface area contributed by atoms with Crippen molar-refractivity contribution in [1.29, 1.82) is 0 Å². The summed E-state index contributed by atoms with van der Waals surface area (Å²) >= 11 is 0. The van der Waals surface area contributed by atoms with Crippen LogP contribution in [-0.2, 0) is 8.85 Å². The molecule has 0 amide bonds. The lowest BCUT2D eigenvalue weighted by molar-refractivity contribution is 0.0268. The third kappa shape index (κ3) is 5.47. The maximum atomic E-state index is 6.33. The van der Waals surface area contributed by atoms with Gasteiger partial charge in [0.2, 0.25) is 0 Å². The molecule has 0 aliphatic heterocycles. The molecule has 0 aromatic rings. The molecule has 3 nitrogen and oxygen atoms in total. The van der Waals surface area contributed by atoms with E-state index in [-0.39, 0.29) is 11.1 Å². The lowest BCUT2D eigenvalue weighted by Crippen LogP contribution is -2.70. The van der Waals surface area contributed by atoms with Crippen molar-refractivity contribution in [1.82, 2.24) is 4.57 Å². The molecule has 0 rings (SSSR count). The van der Waals surface area contributed by atoms with Gasteiger partial charge in [0.15, 0.2) is 0 Å². The van der Waals surface area contributed by atoms with Gasteiger partial charge in [0.25, 0.3) is 0 Å². The molecule has 20 heavy (non-hydrogen) atoms. The van der Waals surface area contributed by atoms with Gasteiger partial charge in [0.05, 0.1) is 0 Å². The molecule has 0 aromatic carbocycles. The molecular formula is C16H37NO2Si. The Bertz CT molecular complexity index is 249. The highest BCUT2D eigenvalue weighted by Crippen LogP contribution is 2.35. The minimum atomic E-state index is -2.38. The Morgan fingerprint density at radius 1 is 0.800 bits per heavy atom. The Labute approximate surface area is 128 Å². The summed E-state index contributed by atoms with van der Waals surface area (Å²) in [6, 6.07) is 1.04. The summed E-state index contributed by atoms with van der Waals surface area (Å²) in [6.45, 7) is 21.4. The number of unbranched alkanes of at least 4 members (excludes halogenated alkanes) is 1.